The van der Waals surface area contributed by atoms with Crippen molar-refractivity contribution in [2.45, 2.75) is 13.3 Å². The zero-order chi connectivity index (χ0) is 15.2. The predicted octanol–water partition coefficient (Wildman–Crippen LogP) is 4.55. The van der Waals surface area contributed by atoms with Crippen molar-refractivity contribution < 1.29 is 9.18 Å². The molecule has 0 aliphatic heterocycles. The van der Waals surface area contributed by atoms with E-state index in [0.717, 1.165) is 13.0 Å². The summed E-state index contributed by atoms with van der Waals surface area (Å²) < 4.78 is 13.6. The number of hydrogen-bond donors (Lipinski definition) is 2. The van der Waals surface area contributed by atoms with E-state index in [4.69, 9.17) is 11.6 Å². The van der Waals surface area contributed by atoms with Crippen LogP contribution in [-0.4, -0.2) is 12.5 Å². The fourth-order valence-electron chi connectivity index (χ4n) is 1.87. The van der Waals surface area contributed by atoms with Gasteiger partial charge in [-0.2, -0.15) is 0 Å². The molecule has 2 rings (SSSR count). The van der Waals surface area contributed by atoms with Gasteiger partial charge in [-0.15, -0.1) is 0 Å². The lowest BCUT2D eigenvalue weighted by atomic mass is 10.1. The van der Waals surface area contributed by atoms with Gasteiger partial charge in [0.1, 0.15) is 5.82 Å². The second-order valence-corrected chi connectivity index (χ2v) is 4.99. The number of halogens is 2. The molecule has 1 amide bonds. The molecule has 0 fully saturated rings. The number of hydrogen-bond acceptors (Lipinski definition) is 2. The van der Waals surface area contributed by atoms with Crippen molar-refractivity contribution >= 4 is 28.9 Å². The molecule has 2 N–H and O–H groups in total. The van der Waals surface area contributed by atoms with E-state index in [9.17, 15) is 9.18 Å². The number of carbonyl (C=O) groups excluding carboxylic acids is 1. The number of benzene rings is 2. The van der Waals surface area contributed by atoms with Gasteiger partial charge in [-0.25, -0.2) is 4.39 Å². The van der Waals surface area contributed by atoms with E-state index in [1.54, 1.807) is 30.3 Å². The number of carbonyl (C=O) groups is 1. The van der Waals surface area contributed by atoms with Crippen LogP contribution in [0.5, 0.6) is 0 Å². The molecule has 3 nitrogen and oxygen atoms in total. The summed E-state index contributed by atoms with van der Waals surface area (Å²) in [4.78, 5) is 12.3. The Kier molecular flexibility index (Phi) is 5.17. The van der Waals surface area contributed by atoms with Crippen molar-refractivity contribution in [2.24, 2.45) is 0 Å². The largest absolute Gasteiger partial charge is 0.384 e. The minimum Gasteiger partial charge on any atom is -0.384 e. The van der Waals surface area contributed by atoms with Crippen LogP contribution in [0.25, 0.3) is 0 Å². The number of rotatable bonds is 5. The Hall–Kier alpha value is -2.07. The van der Waals surface area contributed by atoms with Gasteiger partial charge in [0.15, 0.2) is 0 Å². The van der Waals surface area contributed by atoms with Gasteiger partial charge in [-0.3, -0.25) is 4.79 Å². The summed E-state index contributed by atoms with van der Waals surface area (Å²) in [6.45, 7) is 2.77. The molecule has 5 heteroatoms. The lowest BCUT2D eigenvalue weighted by Crippen LogP contribution is -2.16. The minimum absolute atomic E-state index is 0.143. The van der Waals surface area contributed by atoms with Gasteiger partial charge in [0, 0.05) is 17.3 Å². The zero-order valence-electron chi connectivity index (χ0n) is 11.6. The molecule has 0 spiro atoms. The molecular weight excluding hydrogens is 291 g/mol. The molecule has 0 saturated heterocycles. The van der Waals surface area contributed by atoms with Crippen LogP contribution in [-0.2, 0) is 0 Å². The van der Waals surface area contributed by atoms with Crippen LogP contribution in [0.2, 0.25) is 5.02 Å². The van der Waals surface area contributed by atoms with Gasteiger partial charge < -0.3 is 10.6 Å². The fraction of sp³-hybridized carbons (Fsp3) is 0.188. The molecule has 0 heterocycles. The lowest BCUT2D eigenvalue weighted by molar-refractivity contribution is 0.102. The summed E-state index contributed by atoms with van der Waals surface area (Å²) >= 11 is 5.95. The minimum atomic E-state index is -0.476. The summed E-state index contributed by atoms with van der Waals surface area (Å²) in [5.41, 5.74) is 1.21. The number of nitrogens with one attached hydrogen (secondary N) is 2. The van der Waals surface area contributed by atoms with Crippen LogP contribution in [0, 0.1) is 5.82 Å². The van der Waals surface area contributed by atoms with Gasteiger partial charge in [-0.05, 0) is 36.8 Å². The molecule has 0 saturated carbocycles. The first-order valence-corrected chi connectivity index (χ1v) is 7.09. The van der Waals surface area contributed by atoms with Crippen LogP contribution in [0.3, 0.4) is 0 Å². The average molecular weight is 307 g/mol. The Morgan fingerprint density at radius 1 is 1.19 bits per heavy atom. The first-order chi connectivity index (χ1) is 10.1. The van der Waals surface area contributed by atoms with Crippen LogP contribution in [0.4, 0.5) is 15.8 Å². The van der Waals surface area contributed by atoms with Crippen molar-refractivity contribution in [3.63, 3.8) is 0 Å². The highest BCUT2D eigenvalue weighted by molar-refractivity contribution is 6.31. The SMILES string of the molecule is CCCNc1ccc(Cl)cc1C(=O)Nc1ccccc1F. The van der Waals surface area contributed by atoms with E-state index < -0.39 is 11.7 Å². The Morgan fingerprint density at radius 3 is 2.67 bits per heavy atom. The molecule has 0 atom stereocenters. The summed E-state index contributed by atoms with van der Waals surface area (Å²) in [6, 6.07) is 11.1. The van der Waals surface area contributed by atoms with Gasteiger partial charge >= 0.3 is 0 Å². The Bertz CT molecular complexity index is 646. The summed E-state index contributed by atoms with van der Waals surface area (Å²) in [5, 5.41) is 6.17. The quantitative estimate of drug-likeness (QED) is 0.850. The molecule has 2 aromatic carbocycles. The molecule has 110 valence electrons. The molecule has 0 unspecified atom stereocenters. The van der Waals surface area contributed by atoms with Gasteiger partial charge in [0.2, 0.25) is 0 Å². The van der Waals surface area contributed by atoms with Crippen LogP contribution in [0.15, 0.2) is 42.5 Å². The van der Waals surface area contributed by atoms with E-state index in [-0.39, 0.29) is 5.69 Å². The molecule has 0 aliphatic carbocycles. The molecular formula is C16H16ClFN2O. The van der Waals surface area contributed by atoms with E-state index >= 15 is 0 Å². The van der Waals surface area contributed by atoms with Gasteiger partial charge in [0.05, 0.1) is 11.3 Å². The van der Waals surface area contributed by atoms with Crippen LogP contribution < -0.4 is 10.6 Å². The van der Waals surface area contributed by atoms with Crippen LogP contribution >= 0.6 is 11.6 Å². The van der Waals surface area contributed by atoms with Crippen molar-refractivity contribution in [2.75, 3.05) is 17.2 Å². The highest BCUT2D eigenvalue weighted by Gasteiger charge is 2.13. The maximum atomic E-state index is 13.6. The van der Waals surface area contributed by atoms with E-state index in [1.165, 1.54) is 12.1 Å². The van der Waals surface area contributed by atoms with E-state index in [2.05, 4.69) is 10.6 Å². The standard InChI is InChI=1S/C16H16ClFN2O/c1-2-9-19-14-8-7-11(17)10-12(14)16(21)20-15-6-4-3-5-13(15)18/h3-8,10,19H,2,9H2,1H3,(H,20,21). The zero-order valence-corrected chi connectivity index (χ0v) is 12.4. The fourth-order valence-corrected chi connectivity index (χ4v) is 2.04. The monoisotopic (exact) mass is 306 g/mol. The van der Waals surface area contributed by atoms with Gasteiger partial charge in [-0.1, -0.05) is 30.7 Å². The maximum Gasteiger partial charge on any atom is 0.257 e. The highest BCUT2D eigenvalue weighted by Crippen LogP contribution is 2.23. The normalized spacial score (nSPS) is 10.2. The van der Waals surface area contributed by atoms with E-state index in [1.807, 2.05) is 6.92 Å². The third-order valence-corrected chi connectivity index (χ3v) is 3.15. The summed E-state index contributed by atoms with van der Waals surface area (Å²) in [7, 11) is 0. The molecule has 0 aliphatic rings. The van der Waals surface area contributed by atoms with Crippen molar-refractivity contribution in [1.29, 1.82) is 0 Å². The Balaban J connectivity index is 2.25. The van der Waals surface area contributed by atoms with E-state index in [0.29, 0.717) is 16.3 Å². The number of amides is 1. The van der Waals surface area contributed by atoms with Crippen molar-refractivity contribution in [1.82, 2.24) is 0 Å². The molecule has 0 radical (unpaired) electrons. The maximum absolute atomic E-state index is 13.6. The average Bonchev–Trinajstić information content (AvgIpc) is 2.48. The smallest absolute Gasteiger partial charge is 0.257 e. The van der Waals surface area contributed by atoms with Crippen molar-refractivity contribution in [3.05, 3.63) is 58.9 Å². The molecule has 2 aromatic rings. The lowest BCUT2D eigenvalue weighted by Gasteiger charge is -2.12. The van der Waals surface area contributed by atoms with Crippen LogP contribution in [0.1, 0.15) is 23.7 Å². The Morgan fingerprint density at radius 2 is 1.95 bits per heavy atom. The predicted molar refractivity (Wildman–Crippen MR) is 84.6 cm³/mol. The number of para-hydroxylation sites is 1. The molecule has 0 bridgehead atoms. The molecule has 21 heavy (non-hydrogen) atoms. The molecule has 0 aromatic heterocycles. The number of anilines is 2. The van der Waals surface area contributed by atoms with Gasteiger partial charge in [0.25, 0.3) is 5.91 Å². The van der Waals surface area contributed by atoms with Crippen molar-refractivity contribution in [3.8, 4) is 0 Å². The second-order valence-electron chi connectivity index (χ2n) is 4.55. The summed E-state index contributed by atoms with van der Waals surface area (Å²) in [5.74, 6) is -0.878. The first-order valence-electron chi connectivity index (χ1n) is 6.71. The highest BCUT2D eigenvalue weighted by atomic mass is 35.5. The third kappa shape index (κ3) is 3.95. The third-order valence-electron chi connectivity index (χ3n) is 2.91. The first kappa shape index (κ1) is 15.3. The Labute approximate surface area is 128 Å². The summed E-state index contributed by atoms with van der Waals surface area (Å²) in [6.07, 6.45) is 0.928. The second kappa shape index (κ2) is 7.09. The topological polar surface area (TPSA) is 41.1 Å².